The van der Waals surface area contributed by atoms with Gasteiger partial charge in [-0.1, -0.05) is 13.3 Å². The van der Waals surface area contributed by atoms with Gasteiger partial charge in [0.15, 0.2) is 0 Å². The Balaban J connectivity index is 2.59. The number of amides is 2. The van der Waals surface area contributed by atoms with Crippen molar-refractivity contribution in [1.82, 2.24) is 15.1 Å². The van der Waals surface area contributed by atoms with Crippen LogP contribution in [0.2, 0.25) is 0 Å². The minimum absolute atomic E-state index is 0.0296. The number of carbonyl (C=O) groups is 2. The number of nitrogens with zero attached hydrogens (tertiary/aromatic N) is 2. The Labute approximate surface area is 116 Å². The van der Waals surface area contributed by atoms with Crippen LogP contribution < -0.4 is 5.32 Å². The summed E-state index contributed by atoms with van der Waals surface area (Å²) >= 11 is 0. The molecule has 2 atom stereocenters. The SMILES string of the molecule is CCC1CCNC(C(=O)N(CC)CC(=O)N(C)C)C1. The minimum Gasteiger partial charge on any atom is -0.347 e. The van der Waals surface area contributed by atoms with Gasteiger partial charge < -0.3 is 15.1 Å². The van der Waals surface area contributed by atoms with E-state index >= 15 is 0 Å². The Morgan fingerprint density at radius 3 is 2.47 bits per heavy atom. The van der Waals surface area contributed by atoms with Gasteiger partial charge in [0.25, 0.3) is 0 Å². The van der Waals surface area contributed by atoms with Crippen molar-refractivity contribution in [3.05, 3.63) is 0 Å². The molecule has 0 aromatic heterocycles. The van der Waals surface area contributed by atoms with Crippen LogP contribution in [-0.4, -0.2) is 61.4 Å². The van der Waals surface area contributed by atoms with Crippen molar-refractivity contribution in [1.29, 1.82) is 0 Å². The second kappa shape index (κ2) is 7.48. The normalized spacial score (nSPS) is 22.9. The van der Waals surface area contributed by atoms with Crippen LogP contribution in [0.3, 0.4) is 0 Å². The predicted molar refractivity (Wildman–Crippen MR) is 75.8 cm³/mol. The zero-order valence-corrected chi connectivity index (χ0v) is 12.6. The molecule has 1 aliphatic rings. The molecular weight excluding hydrogens is 242 g/mol. The van der Waals surface area contributed by atoms with Gasteiger partial charge in [0.2, 0.25) is 11.8 Å². The molecule has 0 radical (unpaired) electrons. The molecule has 19 heavy (non-hydrogen) atoms. The standard InChI is InChI=1S/C14H27N3O2/c1-5-11-7-8-15-12(9-11)14(19)17(6-2)10-13(18)16(3)4/h11-12,15H,5-10H2,1-4H3. The molecule has 1 rings (SSSR count). The summed E-state index contributed by atoms with van der Waals surface area (Å²) in [5, 5.41) is 3.28. The van der Waals surface area contributed by atoms with Crippen LogP contribution >= 0.6 is 0 Å². The highest BCUT2D eigenvalue weighted by molar-refractivity contribution is 5.87. The summed E-state index contributed by atoms with van der Waals surface area (Å²) in [6.45, 7) is 5.74. The maximum Gasteiger partial charge on any atom is 0.241 e. The zero-order chi connectivity index (χ0) is 14.4. The van der Waals surface area contributed by atoms with E-state index in [1.807, 2.05) is 6.92 Å². The monoisotopic (exact) mass is 269 g/mol. The van der Waals surface area contributed by atoms with Gasteiger partial charge in [-0.2, -0.15) is 0 Å². The average Bonchev–Trinajstić information content (AvgIpc) is 2.43. The van der Waals surface area contributed by atoms with E-state index in [1.165, 1.54) is 4.90 Å². The van der Waals surface area contributed by atoms with Gasteiger partial charge in [-0.15, -0.1) is 0 Å². The van der Waals surface area contributed by atoms with Crippen LogP contribution in [0.25, 0.3) is 0 Å². The van der Waals surface area contributed by atoms with E-state index < -0.39 is 0 Å². The Morgan fingerprint density at radius 2 is 1.95 bits per heavy atom. The Morgan fingerprint density at radius 1 is 1.26 bits per heavy atom. The van der Waals surface area contributed by atoms with Crippen molar-refractivity contribution >= 4 is 11.8 Å². The molecule has 2 amide bonds. The van der Waals surface area contributed by atoms with Crippen LogP contribution in [-0.2, 0) is 9.59 Å². The third-order valence-electron chi connectivity index (χ3n) is 3.91. The number of likely N-dealkylation sites (N-methyl/N-ethyl adjacent to an activating group) is 2. The van der Waals surface area contributed by atoms with Gasteiger partial charge in [0, 0.05) is 20.6 Å². The van der Waals surface area contributed by atoms with Crippen molar-refractivity contribution in [3.8, 4) is 0 Å². The Hall–Kier alpha value is -1.10. The first-order valence-electron chi connectivity index (χ1n) is 7.21. The van der Waals surface area contributed by atoms with Gasteiger partial charge in [-0.3, -0.25) is 9.59 Å². The lowest BCUT2D eigenvalue weighted by Crippen LogP contribution is -2.52. The smallest absolute Gasteiger partial charge is 0.241 e. The third kappa shape index (κ3) is 4.49. The van der Waals surface area contributed by atoms with Gasteiger partial charge in [-0.05, 0) is 32.2 Å². The van der Waals surface area contributed by atoms with Gasteiger partial charge in [-0.25, -0.2) is 0 Å². The molecule has 0 saturated carbocycles. The molecule has 110 valence electrons. The van der Waals surface area contributed by atoms with E-state index in [1.54, 1.807) is 19.0 Å². The fourth-order valence-electron chi connectivity index (χ4n) is 2.43. The summed E-state index contributed by atoms with van der Waals surface area (Å²) < 4.78 is 0. The second-order valence-electron chi connectivity index (χ2n) is 5.45. The molecule has 0 bridgehead atoms. The van der Waals surface area contributed by atoms with E-state index in [-0.39, 0.29) is 24.4 Å². The van der Waals surface area contributed by atoms with Crippen molar-refractivity contribution in [2.24, 2.45) is 5.92 Å². The molecule has 5 heteroatoms. The molecule has 1 aliphatic heterocycles. The highest BCUT2D eigenvalue weighted by Gasteiger charge is 2.29. The number of hydrogen-bond acceptors (Lipinski definition) is 3. The van der Waals surface area contributed by atoms with E-state index in [0.29, 0.717) is 12.5 Å². The van der Waals surface area contributed by atoms with Gasteiger partial charge in [0.1, 0.15) is 0 Å². The molecule has 1 N–H and O–H groups in total. The van der Waals surface area contributed by atoms with Crippen LogP contribution in [0.5, 0.6) is 0 Å². The summed E-state index contributed by atoms with van der Waals surface area (Å²) in [7, 11) is 3.43. The predicted octanol–water partition coefficient (Wildman–Crippen LogP) is 0.701. The van der Waals surface area contributed by atoms with E-state index in [4.69, 9.17) is 0 Å². The summed E-state index contributed by atoms with van der Waals surface area (Å²) in [6.07, 6.45) is 3.15. The summed E-state index contributed by atoms with van der Waals surface area (Å²) in [5.41, 5.74) is 0. The van der Waals surface area contributed by atoms with Crippen molar-refractivity contribution in [3.63, 3.8) is 0 Å². The summed E-state index contributed by atoms with van der Waals surface area (Å²) in [6, 6.07) is -0.117. The average molecular weight is 269 g/mol. The van der Waals surface area contributed by atoms with Gasteiger partial charge in [0.05, 0.1) is 12.6 Å². The fourth-order valence-corrected chi connectivity index (χ4v) is 2.43. The molecule has 0 aliphatic carbocycles. The molecule has 0 aromatic carbocycles. The Kier molecular flexibility index (Phi) is 6.28. The Bertz CT molecular complexity index is 318. The third-order valence-corrected chi connectivity index (χ3v) is 3.91. The van der Waals surface area contributed by atoms with E-state index in [2.05, 4.69) is 12.2 Å². The largest absolute Gasteiger partial charge is 0.347 e. The number of nitrogens with one attached hydrogen (secondary N) is 1. The van der Waals surface area contributed by atoms with Crippen LogP contribution in [0.15, 0.2) is 0 Å². The lowest BCUT2D eigenvalue weighted by Gasteiger charge is -2.33. The molecule has 0 aromatic rings. The van der Waals surface area contributed by atoms with Crippen molar-refractivity contribution < 1.29 is 9.59 Å². The summed E-state index contributed by atoms with van der Waals surface area (Å²) in [4.78, 5) is 27.4. The van der Waals surface area contributed by atoms with Crippen molar-refractivity contribution in [2.75, 3.05) is 33.7 Å². The molecule has 0 spiro atoms. The second-order valence-corrected chi connectivity index (χ2v) is 5.45. The number of carbonyl (C=O) groups excluding carboxylic acids is 2. The number of piperidine rings is 1. The molecule has 1 fully saturated rings. The molecular formula is C14H27N3O2. The van der Waals surface area contributed by atoms with Crippen LogP contribution in [0.1, 0.15) is 33.1 Å². The lowest BCUT2D eigenvalue weighted by molar-refractivity contribution is -0.141. The maximum atomic E-state index is 12.4. The number of rotatable bonds is 5. The number of hydrogen-bond donors (Lipinski definition) is 1. The van der Waals surface area contributed by atoms with Gasteiger partial charge >= 0.3 is 0 Å². The first kappa shape index (κ1) is 16.0. The van der Waals surface area contributed by atoms with E-state index in [0.717, 1.165) is 25.8 Å². The zero-order valence-electron chi connectivity index (χ0n) is 12.6. The molecule has 1 saturated heterocycles. The maximum absolute atomic E-state index is 12.4. The first-order chi connectivity index (χ1) is 8.99. The van der Waals surface area contributed by atoms with Crippen LogP contribution in [0.4, 0.5) is 0 Å². The summed E-state index contributed by atoms with van der Waals surface area (Å²) in [5.74, 6) is 0.660. The van der Waals surface area contributed by atoms with Crippen molar-refractivity contribution in [2.45, 2.75) is 39.2 Å². The topological polar surface area (TPSA) is 52.7 Å². The lowest BCUT2D eigenvalue weighted by atomic mass is 9.90. The molecule has 5 nitrogen and oxygen atoms in total. The minimum atomic E-state index is -0.117. The van der Waals surface area contributed by atoms with Crippen LogP contribution in [0, 0.1) is 5.92 Å². The quantitative estimate of drug-likeness (QED) is 0.799. The first-order valence-corrected chi connectivity index (χ1v) is 7.21. The van der Waals surface area contributed by atoms with E-state index in [9.17, 15) is 9.59 Å². The molecule has 1 heterocycles. The highest BCUT2D eigenvalue weighted by Crippen LogP contribution is 2.20. The fraction of sp³-hybridized carbons (Fsp3) is 0.857. The highest BCUT2D eigenvalue weighted by atomic mass is 16.2. The molecule has 2 unspecified atom stereocenters.